The monoisotopic (exact) mass is 340 g/mol. The number of aryl methyl sites for hydroxylation is 1. The molecule has 0 spiro atoms. The molecular weight excluding hydrogens is 316 g/mol. The zero-order valence-electron chi connectivity index (χ0n) is 14.5. The molecule has 3 heterocycles. The van der Waals surface area contributed by atoms with Gasteiger partial charge in [0.05, 0.1) is 25.3 Å². The number of hydrogen-bond donors (Lipinski definition) is 0. The van der Waals surface area contributed by atoms with E-state index in [1.807, 2.05) is 28.7 Å². The van der Waals surface area contributed by atoms with Gasteiger partial charge in [-0.1, -0.05) is 30.3 Å². The lowest BCUT2D eigenvalue weighted by Crippen LogP contribution is -2.60. The number of morpholine rings is 1. The summed E-state index contributed by atoms with van der Waals surface area (Å²) < 4.78 is 7.77. The molecule has 6 heteroatoms. The SMILES string of the molecule is Cc1nccn1CC(=O)N1CCN2[C@@H](COC[C@@H]2c2ccccc2)C1. The van der Waals surface area contributed by atoms with Gasteiger partial charge >= 0.3 is 0 Å². The number of hydrogen-bond acceptors (Lipinski definition) is 4. The fraction of sp³-hybridized carbons (Fsp3) is 0.474. The number of amides is 1. The van der Waals surface area contributed by atoms with Gasteiger partial charge in [0.1, 0.15) is 12.4 Å². The molecule has 0 N–H and O–H groups in total. The number of rotatable bonds is 3. The molecule has 0 saturated carbocycles. The Balaban J connectivity index is 1.43. The molecule has 2 saturated heterocycles. The molecule has 0 bridgehead atoms. The Bertz CT molecular complexity index is 730. The molecule has 4 rings (SSSR count). The third-order valence-corrected chi connectivity index (χ3v) is 5.28. The molecule has 1 aromatic heterocycles. The maximum atomic E-state index is 12.7. The van der Waals surface area contributed by atoms with E-state index in [1.54, 1.807) is 6.20 Å². The second-order valence-electron chi connectivity index (χ2n) is 6.80. The van der Waals surface area contributed by atoms with E-state index >= 15 is 0 Å². The lowest BCUT2D eigenvalue weighted by molar-refractivity contribution is -0.140. The van der Waals surface area contributed by atoms with Gasteiger partial charge in [0, 0.05) is 32.0 Å². The molecule has 0 aliphatic carbocycles. The number of aromatic nitrogens is 2. The zero-order valence-corrected chi connectivity index (χ0v) is 14.5. The molecule has 1 amide bonds. The lowest BCUT2D eigenvalue weighted by Gasteiger charge is -2.48. The molecule has 2 aromatic rings. The van der Waals surface area contributed by atoms with Crippen molar-refractivity contribution in [2.24, 2.45) is 0 Å². The first kappa shape index (κ1) is 16.3. The Hall–Kier alpha value is -2.18. The van der Waals surface area contributed by atoms with Crippen molar-refractivity contribution in [2.75, 3.05) is 32.8 Å². The van der Waals surface area contributed by atoms with E-state index in [9.17, 15) is 4.79 Å². The van der Waals surface area contributed by atoms with Crippen LogP contribution in [0.2, 0.25) is 0 Å². The number of nitrogens with zero attached hydrogens (tertiary/aromatic N) is 4. The van der Waals surface area contributed by atoms with Crippen molar-refractivity contribution in [3.05, 3.63) is 54.1 Å². The topological polar surface area (TPSA) is 50.6 Å². The number of piperazine rings is 1. The van der Waals surface area contributed by atoms with Gasteiger partial charge in [-0.2, -0.15) is 0 Å². The summed E-state index contributed by atoms with van der Waals surface area (Å²) >= 11 is 0. The standard InChI is InChI=1S/C19H24N4O2/c1-15-20-7-8-21(15)12-19(24)22-9-10-23-17(11-22)13-25-14-18(23)16-5-3-2-4-6-16/h2-8,17-18H,9-14H2,1H3/t17-,18-/m1/s1. The third-order valence-electron chi connectivity index (χ3n) is 5.28. The van der Waals surface area contributed by atoms with Crippen molar-refractivity contribution >= 4 is 5.91 Å². The fourth-order valence-electron chi connectivity index (χ4n) is 3.85. The average molecular weight is 340 g/mol. The van der Waals surface area contributed by atoms with Gasteiger partial charge in [-0.15, -0.1) is 0 Å². The first-order chi connectivity index (χ1) is 12.2. The Morgan fingerprint density at radius 3 is 2.84 bits per heavy atom. The second-order valence-corrected chi connectivity index (χ2v) is 6.80. The van der Waals surface area contributed by atoms with Crippen LogP contribution in [0.4, 0.5) is 0 Å². The minimum atomic E-state index is 0.155. The molecule has 2 fully saturated rings. The van der Waals surface area contributed by atoms with Gasteiger partial charge in [0.2, 0.25) is 5.91 Å². The van der Waals surface area contributed by atoms with Crippen LogP contribution in [0.3, 0.4) is 0 Å². The molecule has 2 aliphatic rings. The number of ether oxygens (including phenoxy) is 1. The molecular formula is C19H24N4O2. The van der Waals surface area contributed by atoms with Crippen LogP contribution in [0.15, 0.2) is 42.7 Å². The molecule has 2 atom stereocenters. The molecule has 6 nitrogen and oxygen atoms in total. The minimum Gasteiger partial charge on any atom is -0.378 e. The van der Waals surface area contributed by atoms with Crippen LogP contribution < -0.4 is 0 Å². The largest absolute Gasteiger partial charge is 0.378 e. The van der Waals surface area contributed by atoms with Gasteiger partial charge in [0.25, 0.3) is 0 Å². The highest BCUT2D eigenvalue weighted by Gasteiger charge is 2.37. The maximum Gasteiger partial charge on any atom is 0.242 e. The quantitative estimate of drug-likeness (QED) is 0.849. The molecule has 1 aromatic carbocycles. The van der Waals surface area contributed by atoms with Crippen molar-refractivity contribution in [1.29, 1.82) is 0 Å². The number of imidazole rings is 1. The van der Waals surface area contributed by atoms with Crippen LogP contribution in [0, 0.1) is 6.92 Å². The van der Waals surface area contributed by atoms with Crippen LogP contribution in [0.5, 0.6) is 0 Å². The first-order valence-corrected chi connectivity index (χ1v) is 8.86. The van der Waals surface area contributed by atoms with E-state index in [-0.39, 0.29) is 18.0 Å². The van der Waals surface area contributed by atoms with Crippen LogP contribution in [0.25, 0.3) is 0 Å². The zero-order chi connectivity index (χ0) is 17.2. The fourth-order valence-corrected chi connectivity index (χ4v) is 3.85. The molecule has 25 heavy (non-hydrogen) atoms. The molecule has 0 radical (unpaired) electrons. The number of benzene rings is 1. The number of carbonyl (C=O) groups excluding carboxylic acids is 1. The van der Waals surface area contributed by atoms with E-state index in [1.165, 1.54) is 5.56 Å². The van der Waals surface area contributed by atoms with Gasteiger partial charge in [-0.3, -0.25) is 9.69 Å². The second kappa shape index (κ2) is 6.98. The molecule has 2 aliphatic heterocycles. The summed E-state index contributed by atoms with van der Waals surface area (Å²) in [5.41, 5.74) is 1.29. The lowest BCUT2D eigenvalue weighted by atomic mass is 10.00. The third kappa shape index (κ3) is 3.32. The van der Waals surface area contributed by atoms with E-state index < -0.39 is 0 Å². The summed E-state index contributed by atoms with van der Waals surface area (Å²) in [7, 11) is 0. The summed E-state index contributed by atoms with van der Waals surface area (Å²) in [5.74, 6) is 1.03. The Morgan fingerprint density at radius 1 is 1.24 bits per heavy atom. The number of carbonyl (C=O) groups is 1. The Morgan fingerprint density at radius 2 is 2.08 bits per heavy atom. The van der Waals surface area contributed by atoms with Crippen LogP contribution in [-0.2, 0) is 16.1 Å². The summed E-state index contributed by atoms with van der Waals surface area (Å²) in [6.07, 6.45) is 3.60. The normalized spacial score (nSPS) is 24.1. The molecule has 132 valence electrons. The van der Waals surface area contributed by atoms with Crippen molar-refractivity contribution in [3.63, 3.8) is 0 Å². The van der Waals surface area contributed by atoms with Crippen molar-refractivity contribution in [1.82, 2.24) is 19.4 Å². The van der Waals surface area contributed by atoms with Gasteiger partial charge in [0.15, 0.2) is 0 Å². The minimum absolute atomic E-state index is 0.155. The predicted octanol–water partition coefficient (Wildman–Crippen LogP) is 1.48. The van der Waals surface area contributed by atoms with E-state index in [0.29, 0.717) is 13.2 Å². The first-order valence-electron chi connectivity index (χ1n) is 8.86. The summed E-state index contributed by atoms with van der Waals surface area (Å²) in [6, 6.07) is 11.1. The van der Waals surface area contributed by atoms with Gasteiger partial charge in [-0.25, -0.2) is 4.98 Å². The van der Waals surface area contributed by atoms with E-state index in [0.717, 1.165) is 32.1 Å². The summed E-state index contributed by atoms with van der Waals surface area (Å²) in [5, 5.41) is 0. The Labute approximate surface area is 148 Å². The highest BCUT2D eigenvalue weighted by atomic mass is 16.5. The van der Waals surface area contributed by atoms with Gasteiger partial charge < -0.3 is 14.2 Å². The predicted molar refractivity (Wildman–Crippen MR) is 94.0 cm³/mol. The summed E-state index contributed by atoms with van der Waals surface area (Å²) in [6.45, 7) is 6.09. The summed E-state index contributed by atoms with van der Waals surface area (Å²) in [4.78, 5) is 21.3. The van der Waals surface area contributed by atoms with Gasteiger partial charge in [-0.05, 0) is 12.5 Å². The van der Waals surface area contributed by atoms with Crippen LogP contribution >= 0.6 is 0 Å². The maximum absolute atomic E-state index is 12.7. The highest BCUT2D eigenvalue weighted by Crippen LogP contribution is 2.29. The average Bonchev–Trinajstić information content (AvgIpc) is 3.06. The van der Waals surface area contributed by atoms with Crippen molar-refractivity contribution < 1.29 is 9.53 Å². The highest BCUT2D eigenvalue weighted by molar-refractivity contribution is 5.76. The Kier molecular flexibility index (Phi) is 4.55. The van der Waals surface area contributed by atoms with Crippen molar-refractivity contribution in [2.45, 2.75) is 25.6 Å². The van der Waals surface area contributed by atoms with E-state index in [2.05, 4.69) is 34.1 Å². The van der Waals surface area contributed by atoms with E-state index in [4.69, 9.17) is 4.74 Å². The smallest absolute Gasteiger partial charge is 0.242 e. The number of fused-ring (bicyclic) bond motifs is 1. The van der Waals surface area contributed by atoms with Crippen LogP contribution in [0.1, 0.15) is 17.4 Å². The molecule has 0 unspecified atom stereocenters. The van der Waals surface area contributed by atoms with Crippen LogP contribution in [-0.4, -0.2) is 64.1 Å². The van der Waals surface area contributed by atoms with Crippen molar-refractivity contribution in [3.8, 4) is 0 Å².